The van der Waals surface area contributed by atoms with E-state index in [-0.39, 0.29) is 11.9 Å². The van der Waals surface area contributed by atoms with E-state index in [1.807, 2.05) is 6.07 Å². The second-order valence-corrected chi connectivity index (χ2v) is 5.89. The molecule has 1 aliphatic heterocycles. The molecule has 0 spiro atoms. The average Bonchev–Trinajstić information content (AvgIpc) is 2.96. The van der Waals surface area contributed by atoms with E-state index in [1.165, 1.54) is 36.8 Å². The van der Waals surface area contributed by atoms with Crippen molar-refractivity contribution in [2.24, 2.45) is 0 Å². The highest BCUT2D eigenvalue weighted by molar-refractivity contribution is 5.59. The third kappa shape index (κ3) is 2.94. The molecule has 1 unspecified atom stereocenters. The van der Waals surface area contributed by atoms with Crippen molar-refractivity contribution in [1.82, 2.24) is 0 Å². The highest BCUT2D eigenvalue weighted by Gasteiger charge is 2.23. The lowest BCUT2D eigenvalue weighted by Crippen LogP contribution is -2.06. The molecule has 0 saturated heterocycles. The molecule has 2 aromatic rings. The number of aryl methyl sites for hydroxylation is 1. The van der Waals surface area contributed by atoms with E-state index in [4.69, 9.17) is 4.74 Å². The van der Waals surface area contributed by atoms with Crippen LogP contribution in [0.3, 0.4) is 0 Å². The fraction of sp³-hybridized carbons (Fsp3) is 0.368. The molecule has 0 radical (unpaired) electrons. The summed E-state index contributed by atoms with van der Waals surface area (Å²) in [6, 6.07) is 12.0. The number of rotatable bonds is 5. The van der Waals surface area contributed by atoms with Crippen molar-refractivity contribution in [2.45, 2.75) is 38.6 Å². The van der Waals surface area contributed by atoms with Crippen LogP contribution in [-0.2, 0) is 12.8 Å². The van der Waals surface area contributed by atoms with Crippen LogP contribution in [0.2, 0.25) is 0 Å². The van der Waals surface area contributed by atoms with Gasteiger partial charge >= 0.3 is 0 Å². The normalized spacial score (nSPS) is 16.2. The second-order valence-electron chi connectivity index (χ2n) is 5.89. The predicted molar refractivity (Wildman–Crippen MR) is 88.1 cm³/mol. The number of methoxy groups -OCH3 is 1. The molecule has 3 rings (SSSR count). The fourth-order valence-electron chi connectivity index (χ4n) is 3.05. The molecule has 2 nitrogen and oxygen atoms in total. The van der Waals surface area contributed by atoms with Crippen molar-refractivity contribution >= 4 is 5.69 Å². The molecule has 116 valence electrons. The van der Waals surface area contributed by atoms with Crippen LogP contribution in [-0.4, -0.2) is 7.11 Å². The SMILES string of the molecule is CCCCc1ccc2c(c1)CC(c1ccc(OC)c(F)c1)N2. The van der Waals surface area contributed by atoms with E-state index < -0.39 is 0 Å². The molecule has 22 heavy (non-hydrogen) atoms. The third-order valence-corrected chi connectivity index (χ3v) is 4.32. The molecule has 0 amide bonds. The summed E-state index contributed by atoms with van der Waals surface area (Å²) in [5.74, 6) is -0.0116. The summed E-state index contributed by atoms with van der Waals surface area (Å²) in [5.41, 5.74) is 4.85. The molecule has 1 aliphatic rings. The number of halogens is 1. The summed E-state index contributed by atoms with van der Waals surface area (Å²) in [7, 11) is 1.49. The van der Waals surface area contributed by atoms with Gasteiger partial charge in [-0.2, -0.15) is 0 Å². The Labute approximate surface area is 131 Å². The van der Waals surface area contributed by atoms with Gasteiger partial charge in [0.2, 0.25) is 0 Å². The molecule has 0 aliphatic carbocycles. The maximum Gasteiger partial charge on any atom is 0.165 e. The molecule has 0 saturated carbocycles. The molecule has 1 N–H and O–H groups in total. The van der Waals surface area contributed by atoms with E-state index in [1.54, 1.807) is 12.1 Å². The van der Waals surface area contributed by atoms with E-state index >= 15 is 0 Å². The molecule has 2 aromatic carbocycles. The van der Waals surface area contributed by atoms with Crippen LogP contribution in [0.5, 0.6) is 5.75 Å². The number of fused-ring (bicyclic) bond motifs is 1. The Morgan fingerprint density at radius 3 is 2.82 bits per heavy atom. The van der Waals surface area contributed by atoms with E-state index in [0.717, 1.165) is 18.4 Å². The first-order valence-electron chi connectivity index (χ1n) is 7.93. The molecule has 3 heteroatoms. The van der Waals surface area contributed by atoms with E-state index in [9.17, 15) is 4.39 Å². The van der Waals surface area contributed by atoms with Gasteiger partial charge in [-0.25, -0.2) is 4.39 Å². The number of hydrogen-bond acceptors (Lipinski definition) is 2. The predicted octanol–water partition coefficient (Wildman–Crippen LogP) is 4.89. The van der Waals surface area contributed by atoms with Crippen LogP contribution < -0.4 is 10.1 Å². The first kappa shape index (κ1) is 14.9. The largest absolute Gasteiger partial charge is 0.494 e. The Kier molecular flexibility index (Phi) is 4.32. The minimum atomic E-state index is -0.304. The van der Waals surface area contributed by atoms with Crippen molar-refractivity contribution in [3.8, 4) is 5.75 Å². The Morgan fingerprint density at radius 1 is 1.23 bits per heavy atom. The number of benzene rings is 2. The van der Waals surface area contributed by atoms with Gasteiger partial charge in [0.05, 0.1) is 13.2 Å². The summed E-state index contributed by atoms with van der Waals surface area (Å²) in [6.45, 7) is 2.21. The highest BCUT2D eigenvalue weighted by atomic mass is 19.1. The average molecular weight is 299 g/mol. The smallest absolute Gasteiger partial charge is 0.165 e. The minimum absolute atomic E-state index is 0.136. The van der Waals surface area contributed by atoms with Gasteiger partial charge in [-0.1, -0.05) is 31.5 Å². The van der Waals surface area contributed by atoms with Gasteiger partial charge in [-0.3, -0.25) is 0 Å². The monoisotopic (exact) mass is 299 g/mol. The van der Waals surface area contributed by atoms with E-state index in [0.29, 0.717) is 5.75 Å². The van der Waals surface area contributed by atoms with Gasteiger partial charge in [-0.05, 0) is 54.2 Å². The standard InChI is InChI=1S/C19H22FNO/c1-3-4-5-13-6-8-17-15(10-13)12-18(21-17)14-7-9-19(22-2)16(20)11-14/h6-11,18,21H,3-5,12H2,1-2H3. The number of nitrogens with one attached hydrogen (secondary N) is 1. The number of hydrogen-bond donors (Lipinski definition) is 1. The lowest BCUT2D eigenvalue weighted by atomic mass is 10.00. The Bertz CT molecular complexity index is 668. The summed E-state index contributed by atoms with van der Waals surface area (Å²) in [6.07, 6.45) is 4.47. The van der Waals surface area contributed by atoms with Crippen molar-refractivity contribution in [1.29, 1.82) is 0 Å². The topological polar surface area (TPSA) is 21.3 Å². The Hall–Kier alpha value is -2.03. The molecule has 0 fully saturated rings. The second kappa shape index (κ2) is 6.39. The van der Waals surface area contributed by atoms with Crippen LogP contribution in [0.4, 0.5) is 10.1 Å². The Balaban J connectivity index is 1.77. The molecular weight excluding hydrogens is 277 g/mol. The van der Waals surface area contributed by atoms with Crippen molar-refractivity contribution in [3.05, 3.63) is 58.9 Å². The molecule has 0 bridgehead atoms. The summed E-state index contributed by atoms with van der Waals surface area (Å²) in [5, 5.41) is 3.49. The maximum absolute atomic E-state index is 13.9. The van der Waals surface area contributed by atoms with Gasteiger partial charge in [0.25, 0.3) is 0 Å². The van der Waals surface area contributed by atoms with Gasteiger partial charge in [0.15, 0.2) is 11.6 Å². The van der Waals surface area contributed by atoms with Crippen LogP contribution in [0, 0.1) is 5.82 Å². The molecular formula is C19H22FNO. The third-order valence-electron chi connectivity index (χ3n) is 4.32. The van der Waals surface area contributed by atoms with Crippen molar-refractivity contribution < 1.29 is 9.13 Å². The van der Waals surface area contributed by atoms with E-state index in [2.05, 4.69) is 30.4 Å². The van der Waals surface area contributed by atoms with Gasteiger partial charge in [0, 0.05) is 5.69 Å². The van der Waals surface area contributed by atoms with Crippen LogP contribution in [0.15, 0.2) is 36.4 Å². The first-order chi connectivity index (χ1) is 10.7. The lowest BCUT2D eigenvalue weighted by Gasteiger charge is -2.12. The zero-order valence-electron chi connectivity index (χ0n) is 13.2. The van der Waals surface area contributed by atoms with Gasteiger partial charge in [0.1, 0.15) is 0 Å². The van der Waals surface area contributed by atoms with Crippen molar-refractivity contribution in [3.63, 3.8) is 0 Å². The molecule has 0 aromatic heterocycles. The summed E-state index contributed by atoms with van der Waals surface area (Å²) in [4.78, 5) is 0. The number of unbranched alkanes of at least 4 members (excludes halogenated alkanes) is 1. The maximum atomic E-state index is 13.9. The quantitative estimate of drug-likeness (QED) is 0.849. The Morgan fingerprint density at radius 2 is 2.09 bits per heavy atom. The van der Waals surface area contributed by atoms with Crippen LogP contribution >= 0.6 is 0 Å². The lowest BCUT2D eigenvalue weighted by molar-refractivity contribution is 0.386. The van der Waals surface area contributed by atoms with Crippen LogP contribution in [0.25, 0.3) is 0 Å². The minimum Gasteiger partial charge on any atom is -0.494 e. The van der Waals surface area contributed by atoms with Crippen molar-refractivity contribution in [2.75, 3.05) is 12.4 Å². The molecule has 1 atom stereocenters. The first-order valence-corrected chi connectivity index (χ1v) is 7.93. The fourth-order valence-corrected chi connectivity index (χ4v) is 3.05. The number of ether oxygens (including phenoxy) is 1. The highest BCUT2D eigenvalue weighted by Crippen LogP contribution is 2.36. The summed E-state index contributed by atoms with van der Waals surface area (Å²) < 4.78 is 18.9. The van der Waals surface area contributed by atoms with Gasteiger partial charge < -0.3 is 10.1 Å². The summed E-state index contributed by atoms with van der Waals surface area (Å²) >= 11 is 0. The van der Waals surface area contributed by atoms with Crippen LogP contribution in [0.1, 0.15) is 42.5 Å². The molecule has 1 heterocycles. The number of anilines is 1. The van der Waals surface area contributed by atoms with Gasteiger partial charge in [-0.15, -0.1) is 0 Å². The zero-order chi connectivity index (χ0) is 15.5. The zero-order valence-corrected chi connectivity index (χ0v) is 13.2.